The van der Waals surface area contributed by atoms with Gasteiger partial charge in [-0.15, -0.1) is 0 Å². The van der Waals surface area contributed by atoms with Gasteiger partial charge in [-0.25, -0.2) is 15.0 Å². The molecule has 0 unspecified atom stereocenters. The van der Waals surface area contributed by atoms with Crippen molar-refractivity contribution in [3.05, 3.63) is 66.4 Å². The molecular weight excluding hydrogens is 435 g/mol. The number of piperidine rings is 2. The second-order valence-electron chi connectivity index (χ2n) is 8.22. The number of carbonyl (C=O) groups excluding carboxylic acids is 1. The Morgan fingerprint density at radius 3 is 2.48 bits per heavy atom. The second-order valence-corrected chi connectivity index (χ2v) is 8.22. The summed E-state index contributed by atoms with van der Waals surface area (Å²) < 4.78 is 44.4. The van der Waals surface area contributed by atoms with E-state index in [1.54, 1.807) is 41.7 Å². The van der Waals surface area contributed by atoms with Crippen LogP contribution in [0.15, 0.2) is 55.1 Å². The van der Waals surface area contributed by atoms with Gasteiger partial charge in [-0.3, -0.25) is 9.78 Å². The number of nitrogens with zero attached hydrogens (tertiary/aromatic N) is 5. The molecule has 3 fully saturated rings. The van der Waals surface area contributed by atoms with Crippen molar-refractivity contribution < 1.29 is 22.7 Å². The van der Waals surface area contributed by atoms with Crippen LogP contribution >= 0.6 is 0 Å². The van der Waals surface area contributed by atoms with Crippen molar-refractivity contribution in [2.24, 2.45) is 5.92 Å². The molecule has 2 aliphatic heterocycles. The molecule has 5 heterocycles. The van der Waals surface area contributed by atoms with Gasteiger partial charge >= 0.3 is 6.18 Å². The minimum atomic E-state index is -4.46. The Labute approximate surface area is 187 Å². The van der Waals surface area contributed by atoms with Gasteiger partial charge in [0, 0.05) is 37.4 Å². The molecule has 6 rings (SSSR count). The SMILES string of the molecule is O=C(c1ncccc1-c1ncccn1)N1C[C@@H]2CC[C@H]1[C@H](Oc1ccc(C(F)(F)F)cn1)C2. The molecule has 0 spiro atoms. The molecule has 3 aliphatic rings. The van der Waals surface area contributed by atoms with E-state index in [-0.39, 0.29) is 35.5 Å². The number of fused-ring (bicyclic) bond motifs is 3. The van der Waals surface area contributed by atoms with Crippen molar-refractivity contribution in [3.63, 3.8) is 0 Å². The average molecular weight is 455 g/mol. The number of carbonyl (C=O) groups is 1. The van der Waals surface area contributed by atoms with Gasteiger partial charge < -0.3 is 9.64 Å². The number of halogens is 3. The summed E-state index contributed by atoms with van der Waals surface area (Å²) in [5.41, 5.74) is -0.0169. The zero-order valence-electron chi connectivity index (χ0n) is 17.4. The summed E-state index contributed by atoms with van der Waals surface area (Å²) in [4.78, 5) is 32.0. The van der Waals surface area contributed by atoms with Gasteiger partial charge in [0.2, 0.25) is 5.88 Å². The van der Waals surface area contributed by atoms with Crippen LogP contribution in [0.2, 0.25) is 0 Å². The smallest absolute Gasteiger partial charge is 0.417 e. The molecule has 1 amide bonds. The minimum absolute atomic E-state index is 0.115. The zero-order chi connectivity index (χ0) is 23.0. The van der Waals surface area contributed by atoms with Gasteiger partial charge in [0.05, 0.1) is 17.2 Å². The quantitative estimate of drug-likeness (QED) is 0.591. The summed E-state index contributed by atoms with van der Waals surface area (Å²) in [6.45, 7) is 0.579. The van der Waals surface area contributed by atoms with Crippen LogP contribution in [0, 0.1) is 5.92 Å². The van der Waals surface area contributed by atoms with Gasteiger partial charge in [0.1, 0.15) is 11.8 Å². The van der Waals surface area contributed by atoms with Crippen LogP contribution in [0.4, 0.5) is 13.2 Å². The topological polar surface area (TPSA) is 81.1 Å². The molecule has 3 atom stereocenters. The third-order valence-electron chi connectivity index (χ3n) is 6.13. The maximum atomic E-state index is 13.5. The number of aromatic nitrogens is 4. The average Bonchev–Trinajstić information content (AvgIpc) is 2.84. The van der Waals surface area contributed by atoms with Crippen LogP contribution in [-0.2, 0) is 6.18 Å². The van der Waals surface area contributed by atoms with E-state index in [9.17, 15) is 18.0 Å². The predicted molar refractivity (Wildman–Crippen MR) is 111 cm³/mol. The summed E-state index contributed by atoms with van der Waals surface area (Å²) in [6, 6.07) is 7.14. The van der Waals surface area contributed by atoms with E-state index in [4.69, 9.17) is 4.74 Å². The van der Waals surface area contributed by atoms with Gasteiger partial charge in [0.15, 0.2) is 5.82 Å². The standard InChI is InChI=1S/C23H20F3N5O2/c24-23(25,26)15-5-7-19(30-12-15)33-18-11-14-4-6-17(18)31(13-14)22(32)20-16(3-1-8-27-20)21-28-9-2-10-29-21/h1-3,5,7-10,12,14,17-18H,4,6,11,13H2/t14-,17+,18-/m1/s1. The molecule has 2 bridgehead atoms. The van der Waals surface area contributed by atoms with E-state index >= 15 is 0 Å². The maximum absolute atomic E-state index is 13.5. The highest BCUT2D eigenvalue weighted by molar-refractivity contribution is 5.98. The van der Waals surface area contributed by atoms with E-state index in [1.807, 2.05) is 0 Å². The van der Waals surface area contributed by atoms with Crippen LogP contribution in [0.1, 0.15) is 35.3 Å². The number of hydrogen-bond acceptors (Lipinski definition) is 6. The lowest BCUT2D eigenvalue weighted by Crippen LogP contribution is -2.59. The lowest BCUT2D eigenvalue weighted by atomic mass is 9.77. The molecule has 3 aromatic rings. The first-order valence-corrected chi connectivity index (χ1v) is 10.6. The summed E-state index contributed by atoms with van der Waals surface area (Å²) in [5, 5.41) is 0. The van der Waals surface area contributed by atoms with Crippen LogP contribution in [0.3, 0.4) is 0 Å². The largest absolute Gasteiger partial charge is 0.472 e. The molecule has 7 nitrogen and oxygen atoms in total. The number of pyridine rings is 2. The second kappa shape index (κ2) is 8.42. The lowest BCUT2D eigenvalue weighted by Gasteiger charge is -2.49. The monoisotopic (exact) mass is 455 g/mol. The number of hydrogen-bond donors (Lipinski definition) is 0. The highest BCUT2D eigenvalue weighted by atomic mass is 19.4. The zero-order valence-corrected chi connectivity index (χ0v) is 17.4. The molecule has 1 saturated carbocycles. The van der Waals surface area contributed by atoms with E-state index in [0.717, 1.165) is 25.1 Å². The molecule has 0 N–H and O–H groups in total. The van der Waals surface area contributed by atoms with Crippen molar-refractivity contribution in [2.75, 3.05) is 6.54 Å². The number of rotatable bonds is 4. The first kappa shape index (κ1) is 21.3. The molecule has 2 saturated heterocycles. The van der Waals surface area contributed by atoms with Crippen LogP contribution in [0.25, 0.3) is 11.4 Å². The Kier molecular flexibility index (Phi) is 5.43. The fraction of sp³-hybridized carbons (Fsp3) is 0.348. The Morgan fingerprint density at radius 2 is 1.79 bits per heavy atom. The van der Waals surface area contributed by atoms with E-state index in [1.165, 1.54) is 6.07 Å². The van der Waals surface area contributed by atoms with Crippen molar-refractivity contribution in [1.82, 2.24) is 24.8 Å². The summed E-state index contributed by atoms with van der Waals surface area (Å²) in [6.07, 6.45) is 3.14. The van der Waals surface area contributed by atoms with E-state index in [0.29, 0.717) is 24.4 Å². The summed E-state index contributed by atoms with van der Waals surface area (Å²) in [7, 11) is 0. The third kappa shape index (κ3) is 4.24. The van der Waals surface area contributed by atoms with E-state index in [2.05, 4.69) is 19.9 Å². The molecule has 0 radical (unpaired) electrons. The molecule has 170 valence electrons. The predicted octanol–water partition coefficient (Wildman–Crippen LogP) is 4.02. The van der Waals surface area contributed by atoms with Gasteiger partial charge in [-0.05, 0) is 49.4 Å². The third-order valence-corrected chi connectivity index (χ3v) is 6.13. The molecule has 3 aromatic heterocycles. The minimum Gasteiger partial charge on any atom is -0.472 e. The molecular formula is C23H20F3N5O2. The molecule has 33 heavy (non-hydrogen) atoms. The highest BCUT2D eigenvalue weighted by Crippen LogP contribution is 2.38. The Bertz CT molecular complexity index is 1140. The number of alkyl halides is 3. The lowest BCUT2D eigenvalue weighted by molar-refractivity contribution is -0.137. The number of amides is 1. The van der Waals surface area contributed by atoms with Crippen molar-refractivity contribution in [3.8, 4) is 17.3 Å². The van der Waals surface area contributed by atoms with Crippen molar-refractivity contribution >= 4 is 5.91 Å². The normalized spacial score (nSPS) is 22.3. The highest BCUT2D eigenvalue weighted by Gasteiger charge is 2.45. The first-order valence-electron chi connectivity index (χ1n) is 10.6. The Hall–Kier alpha value is -3.56. The fourth-order valence-electron chi connectivity index (χ4n) is 4.60. The maximum Gasteiger partial charge on any atom is 0.417 e. The number of ether oxygens (including phenoxy) is 1. The molecule has 1 aliphatic carbocycles. The van der Waals surface area contributed by atoms with Crippen LogP contribution in [-0.4, -0.2) is 49.4 Å². The molecule has 10 heteroatoms. The van der Waals surface area contributed by atoms with Crippen molar-refractivity contribution in [1.29, 1.82) is 0 Å². The first-order chi connectivity index (χ1) is 15.9. The van der Waals surface area contributed by atoms with Crippen LogP contribution in [0.5, 0.6) is 5.88 Å². The van der Waals surface area contributed by atoms with Gasteiger partial charge in [-0.1, -0.05) is 0 Å². The Morgan fingerprint density at radius 1 is 1.00 bits per heavy atom. The fourth-order valence-corrected chi connectivity index (χ4v) is 4.60. The molecule has 0 aromatic carbocycles. The van der Waals surface area contributed by atoms with Gasteiger partial charge in [-0.2, -0.15) is 13.2 Å². The summed E-state index contributed by atoms with van der Waals surface area (Å²) >= 11 is 0. The van der Waals surface area contributed by atoms with E-state index < -0.39 is 11.7 Å². The van der Waals surface area contributed by atoms with Crippen LogP contribution < -0.4 is 4.74 Å². The summed E-state index contributed by atoms with van der Waals surface area (Å²) in [5.74, 6) is 0.530. The Balaban J connectivity index is 1.38. The van der Waals surface area contributed by atoms with Crippen molar-refractivity contribution in [2.45, 2.75) is 37.6 Å². The van der Waals surface area contributed by atoms with Gasteiger partial charge in [0.25, 0.3) is 5.91 Å².